The van der Waals surface area contributed by atoms with Crippen LogP contribution in [0.4, 0.5) is 5.69 Å². The first kappa shape index (κ1) is 18.3. The quantitative estimate of drug-likeness (QED) is 0.486. The second-order valence-electron chi connectivity index (χ2n) is 6.81. The van der Waals surface area contributed by atoms with E-state index in [1.165, 1.54) is 23.1 Å². The van der Waals surface area contributed by atoms with E-state index in [0.717, 1.165) is 29.6 Å². The second-order valence-corrected chi connectivity index (χ2v) is 8.90. The van der Waals surface area contributed by atoms with Crippen LogP contribution < -0.4 is 10.9 Å². The summed E-state index contributed by atoms with van der Waals surface area (Å²) in [6.45, 7) is 3.98. The van der Waals surface area contributed by atoms with Gasteiger partial charge in [0.2, 0.25) is 5.91 Å². The Bertz CT molecular complexity index is 1050. The van der Waals surface area contributed by atoms with Gasteiger partial charge in [-0.2, -0.15) is 0 Å². The van der Waals surface area contributed by atoms with Gasteiger partial charge in [0, 0.05) is 11.7 Å². The van der Waals surface area contributed by atoms with E-state index in [4.69, 9.17) is 4.98 Å². The Labute approximate surface area is 165 Å². The summed E-state index contributed by atoms with van der Waals surface area (Å²) in [6, 6.07) is 9.85. The van der Waals surface area contributed by atoms with E-state index in [0.29, 0.717) is 16.3 Å². The molecule has 7 heteroatoms. The summed E-state index contributed by atoms with van der Waals surface area (Å²) < 4.78 is 2.50. The molecule has 140 valence electrons. The SMILES string of the molecule is CCC(Sc1nc2ccsc2c(=O)n1C1CC1)C(=O)Nc1cccc(C)c1. The number of nitrogens with zero attached hydrogens (tertiary/aromatic N) is 2. The normalized spacial score (nSPS) is 15.0. The van der Waals surface area contributed by atoms with Crippen LogP contribution in [0, 0.1) is 6.92 Å². The second kappa shape index (κ2) is 7.48. The molecule has 5 nitrogen and oxygen atoms in total. The maximum absolute atomic E-state index is 12.9. The van der Waals surface area contributed by atoms with Gasteiger partial charge in [-0.25, -0.2) is 4.98 Å². The van der Waals surface area contributed by atoms with Gasteiger partial charge in [-0.15, -0.1) is 11.3 Å². The summed E-state index contributed by atoms with van der Waals surface area (Å²) in [6.07, 6.45) is 2.65. The molecule has 1 aliphatic carbocycles. The fraction of sp³-hybridized carbons (Fsp3) is 0.350. The van der Waals surface area contributed by atoms with Crippen LogP contribution >= 0.6 is 23.1 Å². The van der Waals surface area contributed by atoms with Gasteiger partial charge in [-0.05, 0) is 55.3 Å². The minimum atomic E-state index is -0.307. The van der Waals surface area contributed by atoms with Crippen LogP contribution in [0.25, 0.3) is 10.2 Å². The molecule has 1 atom stereocenters. The van der Waals surface area contributed by atoms with Gasteiger partial charge in [0.25, 0.3) is 5.56 Å². The third-order valence-electron chi connectivity index (χ3n) is 4.59. The van der Waals surface area contributed by atoms with Gasteiger partial charge in [0.1, 0.15) is 4.70 Å². The van der Waals surface area contributed by atoms with Crippen LogP contribution in [0.3, 0.4) is 0 Å². The molecule has 0 radical (unpaired) electrons. The number of anilines is 1. The highest BCUT2D eigenvalue weighted by atomic mass is 32.2. The third kappa shape index (κ3) is 3.80. The summed E-state index contributed by atoms with van der Waals surface area (Å²) in [5.74, 6) is -0.0601. The van der Waals surface area contributed by atoms with E-state index in [-0.39, 0.29) is 22.8 Å². The molecule has 0 aliphatic heterocycles. The highest BCUT2D eigenvalue weighted by Gasteiger charge is 2.31. The summed E-state index contributed by atoms with van der Waals surface area (Å²) >= 11 is 2.82. The number of hydrogen-bond acceptors (Lipinski definition) is 5. The lowest BCUT2D eigenvalue weighted by atomic mass is 10.2. The maximum atomic E-state index is 12.9. The molecule has 0 saturated heterocycles. The van der Waals surface area contributed by atoms with Gasteiger partial charge in [0.05, 0.1) is 10.8 Å². The van der Waals surface area contributed by atoms with Crippen molar-refractivity contribution in [1.82, 2.24) is 9.55 Å². The Morgan fingerprint density at radius 2 is 2.22 bits per heavy atom. The molecule has 0 spiro atoms. The van der Waals surface area contributed by atoms with Gasteiger partial charge in [0.15, 0.2) is 5.16 Å². The van der Waals surface area contributed by atoms with Crippen molar-refractivity contribution in [3.05, 3.63) is 51.6 Å². The molecule has 1 unspecified atom stereocenters. The van der Waals surface area contributed by atoms with E-state index in [2.05, 4.69) is 5.32 Å². The molecule has 1 aliphatic rings. The molecule has 1 fully saturated rings. The van der Waals surface area contributed by atoms with Crippen LogP contribution in [0.5, 0.6) is 0 Å². The van der Waals surface area contributed by atoms with E-state index < -0.39 is 0 Å². The number of aryl methyl sites for hydroxylation is 1. The fourth-order valence-corrected chi connectivity index (χ4v) is 4.89. The highest BCUT2D eigenvalue weighted by Crippen LogP contribution is 2.38. The zero-order chi connectivity index (χ0) is 19.0. The predicted octanol–water partition coefficient (Wildman–Crippen LogP) is 4.61. The van der Waals surface area contributed by atoms with Crippen LogP contribution in [0.2, 0.25) is 0 Å². The Hall–Kier alpha value is -2.12. The molecule has 1 saturated carbocycles. The Morgan fingerprint density at radius 1 is 1.41 bits per heavy atom. The Morgan fingerprint density at radius 3 is 2.93 bits per heavy atom. The van der Waals surface area contributed by atoms with Crippen molar-refractivity contribution in [1.29, 1.82) is 0 Å². The maximum Gasteiger partial charge on any atom is 0.272 e. The number of aromatic nitrogens is 2. The first-order valence-corrected chi connectivity index (χ1v) is 10.9. The van der Waals surface area contributed by atoms with Crippen molar-refractivity contribution in [2.24, 2.45) is 0 Å². The number of carbonyl (C=O) groups excluding carboxylic acids is 1. The number of fused-ring (bicyclic) bond motifs is 1. The topological polar surface area (TPSA) is 64.0 Å². The summed E-state index contributed by atoms with van der Waals surface area (Å²) in [5, 5.41) is 5.23. The average Bonchev–Trinajstić information content (AvgIpc) is 3.36. The minimum absolute atomic E-state index is 0.0222. The van der Waals surface area contributed by atoms with Crippen LogP contribution in [0.1, 0.15) is 37.8 Å². The molecule has 2 heterocycles. The molecule has 4 rings (SSSR count). The molecular formula is C20H21N3O2S2. The molecule has 27 heavy (non-hydrogen) atoms. The number of thioether (sulfide) groups is 1. The standard InChI is InChI=1S/C20H21N3O2S2/c1-3-16(18(24)21-13-6-4-5-12(2)11-13)27-20-22-15-9-10-26-17(15)19(25)23(20)14-7-8-14/h4-6,9-11,14,16H,3,7-8H2,1-2H3,(H,21,24). The number of rotatable bonds is 6. The van der Waals surface area contributed by atoms with E-state index in [9.17, 15) is 9.59 Å². The van der Waals surface area contributed by atoms with Crippen molar-refractivity contribution < 1.29 is 4.79 Å². The molecule has 0 bridgehead atoms. The van der Waals surface area contributed by atoms with Crippen LogP contribution in [0.15, 0.2) is 45.7 Å². The highest BCUT2D eigenvalue weighted by molar-refractivity contribution is 8.00. The zero-order valence-electron chi connectivity index (χ0n) is 15.3. The number of hydrogen-bond donors (Lipinski definition) is 1. The van der Waals surface area contributed by atoms with Gasteiger partial charge >= 0.3 is 0 Å². The summed E-state index contributed by atoms with van der Waals surface area (Å²) in [5.41, 5.74) is 2.63. The van der Waals surface area contributed by atoms with Gasteiger partial charge in [-0.3, -0.25) is 14.2 Å². The zero-order valence-corrected chi connectivity index (χ0v) is 16.9. The lowest BCUT2D eigenvalue weighted by Crippen LogP contribution is -2.27. The van der Waals surface area contributed by atoms with Crippen LogP contribution in [-0.4, -0.2) is 20.7 Å². The molecule has 1 aromatic carbocycles. The average molecular weight is 400 g/mol. The van der Waals surface area contributed by atoms with E-state index in [1.54, 1.807) is 4.57 Å². The van der Waals surface area contributed by atoms with Gasteiger partial charge in [-0.1, -0.05) is 30.8 Å². The molecule has 2 aromatic heterocycles. The smallest absolute Gasteiger partial charge is 0.272 e. The van der Waals surface area contributed by atoms with E-state index in [1.807, 2.05) is 49.6 Å². The molecule has 1 amide bonds. The largest absolute Gasteiger partial charge is 0.325 e. The molecule has 3 aromatic rings. The molecular weight excluding hydrogens is 378 g/mol. The lowest BCUT2D eigenvalue weighted by Gasteiger charge is -2.17. The van der Waals surface area contributed by atoms with Crippen molar-refractivity contribution in [2.45, 2.75) is 49.6 Å². The van der Waals surface area contributed by atoms with Crippen molar-refractivity contribution in [3.8, 4) is 0 Å². The fourth-order valence-electron chi connectivity index (χ4n) is 3.04. The number of thiophene rings is 1. The number of amides is 1. The minimum Gasteiger partial charge on any atom is -0.325 e. The number of nitrogens with one attached hydrogen (secondary N) is 1. The number of benzene rings is 1. The first-order valence-electron chi connectivity index (χ1n) is 9.10. The third-order valence-corrected chi connectivity index (χ3v) is 6.81. The van der Waals surface area contributed by atoms with Gasteiger partial charge < -0.3 is 5.32 Å². The summed E-state index contributed by atoms with van der Waals surface area (Å²) in [4.78, 5) is 30.4. The monoisotopic (exact) mass is 399 g/mol. The predicted molar refractivity (Wildman–Crippen MR) is 112 cm³/mol. The van der Waals surface area contributed by atoms with Crippen LogP contribution in [-0.2, 0) is 4.79 Å². The first-order chi connectivity index (χ1) is 13.1. The van der Waals surface area contributed by atoms with Crippen molar-refractivity contribution in [2.75, 3.05) is 5.32 Å². The lowest BCUT2D eigenvalue weighted by molar-refractivity contribution is -0.115. The van der Waals surface area contributed by atoms with E-state index >= 15 is 0 Å². The van der Waals surface area contributed by atoms with Crippen molar-refractivity contribution >= 4 is 44.9 Å². The number of carbonyl (C=O) groups is 1. The Balaban J connectivity index is 1.62. The Kier molecular flexibility index (Phi) is 5.06. The van der Waals surface area contributed by atoms with Crippen molar-refractivity contribution in [3.63, 3.8) is 0 Å². The molecule has 1 N–H and O–H groups in total. The summed E-state index contributed by atoms with van der Waals surface area (Å²) in [7, 11) is 0.